The number of fused-ring (bicyclic) bond motifs is 2. The lowest BCUT2D eigenvalue weighted by molar-refractivity contribution is 0.472. The van der Waals surface area contributed by atoms with Gasteiger partial charge in [0.2, 0.25) is 0 Å². The highest BCUT2D eigenvalue weighted by molar-refractivity contribution is 7.92. The van der Waals surface area contributed by atoms with E-state index in [1.165, 1.54) is 12.1 Å². The number of halogens is 2. The maximum absolute atomic E-state index is 13.6. The van der Waals surface area contributed by atoms with Gasteiger partial charge in [-0.25, -0.2) is 12.8 Å². The molecule has 0 saturated carbocycles. The summed E-state index contributed by atoms with van der Waals surface area (Å²) in [4.78, 5) is -0.217. The predicted molar refractivity (Wildman–Crippen MR) is 132 cm³/mol. The number of sulfonamides is 1. The largest absolute Gasteiger partial charge is 0.507 e. The summed E-state index contributed by atoms with van der Waals surface area (Å²) in [6.07, 6.45) is 0. The standard InChI is InChI=1S/C26H17ClFNO4S/c27-21-13-16(10-11-22(21)28)34(32,33)29-23-14-20(26(31)19-8-4-3-7-18(19)23)25-17-6-2-1-5-15(17)9-12-24(25)30/h1-14,29-31H. The zero-order valence-corrected chi connectivity index (χ0v) is 19.0. The first-order valence-corrected chi connectivity index (χ1v) is 12.1. The van der Waals surface area contributed by atoms with Crippen LogP contribution in [0.1, 0.15) is 0 Å². The van der Waals surface area contributed by atoms with Gasteiger partial charge in [-0.2, -0.15) is 0 Å². The number of rotatable bonds is 4. The Kier molecular flexibility index (Phi) is 5.31. The van der Waals surface area contributed by atoms with Crippen molar-refractivity contribution in [3.05, 3.63) is 95.8 Å². The van der Waals surface area contributed by atoms with E-state index in [-0.39, 0.29) is 32.7 Å². The van der Waals surface area contributed by atoms with Gasteiger partial charge in [0, 0.05) is 21.9 Å². The van der Waals surface area contributed by atoms with Crippen LogP contribution in [0.25, 0.3) is 32.7 Å². The number of hydrogen-bond donors (Lipinski definition) is 3. The topological polar surface area (TPSA) is 86.6 Å². The molecule has 0 bridgehead atoms. The first kappa shape index (κ1) is 22.0. The molecule has 0 aliphatic rings. The van der Waals surface area contributed by atoms with Crippen LogP contribution in [-0.2, 0) is 10.0 Å². The van der Waals surface area contributed by atoms with Gasteiger partial charge in [0.05, 0.1) is 15.6 Å². The Hall–Kier alpha value is -3.81. The summed E-state index contributed by atoms with van der Waals surface area (Å²) in [5, 5.41) is 23.9. The Bertz CT molecular complexity index is 1700. The molecule has 5 nitrogen and oxygen atoms in total. The molecule has 0 heterocycles. The fourth-order valence-electron chi connectivity index (χ4n) is 4.03. The fraction of sp³-hybridized carbons (Fsp3) is 0. The van der Waals surface area contributed by atoms with Crippen molar-refractivity contribution in [2.75, 3.05) is 4.72 Å². The van der Waals surface area contributed by atoms with Crippen LogP contribution >= 0.6 is 11.6 Å². The molecule has 0 unspecified atom stereocenters. The monoisotopic (exact) mass is 493 g/mol. The van der Waals surface area contributed by atoms with Crippen molar-refractivity contribution in [3.8, 4) is 22.6 Å². The Morgan fingerprint density at radius 3 is 2.21 bits per heavy atom. The van der Waals surface area contributed by atoms with Crippen molar-refractivity contribution in [1.82, 2.24) is 0 Å². The second kappa shape index (κ2) is 8.20. The molecule has 0 aliphatic carbocycles. The fourth-order valence-corrected chi connectivity index (χ4v) is 5.37. The van der Waals surface area contributed by atoms with Gasteiger partial charge in [-0.1, -0.05) is 66.2 Å². The van der Waals surface area contributed by atoms with Crippen LogP contribution in [0.3, 0.4) is 0 Å². The zero-order chi connectivity index (χ0) is 24.0. The highest BCUT2D eigenvalue weighted by Gasteiger charge is 2.22. The van der Waals surface area contributed by atoms with Crippen LogP contribution in [0.4, 0.5) is 10.1 Å². The molecule has 0 saturated heterocycles. The number of benzene rings is 5. The molecule has 5 aromatic carbocycles. The van der Waals surface area contributed by atoms with E-state index in [0.29, 0.717) is 21.7 Å². The van der Waals surface area contributed by atoms with Gasteiger partial charge in [-0.15, -0.1) is 0 Å². The van der Waals surface area contributed by atoms with Gasteiger partial charge < -0.3 is 10.2 Å². The Morgan fingerprint density at radius 1 is 0.794 bits per heavy atom. The predicted octanol–water partition coefficient (Wildman–Crippen LogP) is 6.66. The van der Waals surface area contributed by atoms with Crippen molar-refractivity contribution in [2.24, 2.45) is 0 Å². The number of phenols is 2. The molecule has 0 spiro atoms. The first-order chi connectivity index (χ1) is 16.3. The SMILES string of the molecule is O=S(=O)(Nc1cc(-c2c(O)ccc3ccccc23)c(O)c2ccccc12)c1ccc(F)c(Cl)c1. The van der Waals surface area contributed by atoms with E-state index in [1.807, 2.05) is 24.3 Å². The number of aromatic hydroxyl groups is 2. The Labute approximate surface area is 199 Å². The first-order valence-electron chi connectivity index (χ1n) is 10.2. The molecular weight excluding hydrogens is 477 g/mol. The summed E-state index contributed by atoms with van der Waals surface area (Å²) in [6.45, 7) is 0. The Morgan fingerprint density at radius 2 is 1.47 bits per heavy atom. The molecule has 3 N–H and O–H groups in total. The number of hydrogen-bond acceptors (Lipinski definition) is 4. The molecule has 170 valence electrons. The van der Waals surface area contributed by atoms with E-state index >= 15 is 0 Å². The van der Waals surface area contributed by atoms with Gasteiger partial charge in [-0.05, 0) is 41.1 Å². The number of nitrogens with one attached hydrogen (secondary N) is 1. The maximum atomic E-state index is 13.6. The Balaban J connectivity index is 1.76. The molecular formula is C26H17ClFNO4S. The molecule has 34 heavy (non-hydrogen) atoms. The van der Waals surface area contributed by atoms with E-state index in [1.54, 1.807) is 30.3 Å². The summed E-state index contributed by atoms with van der Waals surface area (Å²) in [6, 6.07) is 22.0. The summed E-state index contributed by atoms with van der Waals surface area (Å²) in [5.41, 5.74) is 0.797. The van der Waals surface area contributed by atoms with Gasteiger partial charge in [0.1, 0.15) is 17.3 Å². The second-order valence-electron chi connectivity index (χ2n) is 7.73. The summed E-state index contributed by atoms with van der Waals surface area (Å²) < 4.78 is 42.3. The third-order valence-electron chi connectivity index (χ3n) is 5.64. The highest BCUT2D eigenvalue weighted by atomic mass is 35.5. The van der Waals surface area contributed by atoms with Crippen molar-refractivity contribution >= 4 is 48.9 Å². The quantitative estimate of drug-likeness (QED) is 0.244. The lowest BCUT2D eigenvalue weighted by Crippen LogP contribution is -2.13. The summed E-state index contributed by atoms with van der Waals surface area (Å²) in [7, 11) is -4.15. The number of phenolic OH excluding ortho intramolecular Hbond substituents is 2. The molecule has 5 rings (SSSR count). The third kappa shape index (κ3) is 3.69. The molecule has 5 aromatic rings. The minimum atomic E-state index is -4.15. The highest BCUT2D eigenvalue weighted by Crippen LogP contribution is 2.46. The van der Waals surface area contributed by atoms with Gasteiger partial charge in [-0.3, -0.25) is 4.72 Å². The lowest BCUT2D eigenvalue weighted by Gasteiger charge is -2.17. The normalized spacial score (nSPS) is 11.7. The van der Waals surface area contributed by atoms with Crippen LogP contribution in [-0.4, -0.2) is 18.6 Å². The zero-order valence-electron chi connectivity index (χ0n) is 17.5. The summed E-state index contributed by atoms with van der Waals surface area (Å²) >= 11 is 5.79. The van der Waals surface area contributed by atoms with E-state index in [0.717, 1.165) is 23.6 Å². The van der Waals surface area contributed by atoms with E-state index in [4.69, 9.17) is 11.6 Å². The van der Waals surface area contributed by atoms with Gasteiger partial charge in [0.25, 0.3) is 10.0 Å². The van der Waals surface area contributed by atoms with Crippen LogP contribution in [0, 0.1) is 5.82 Å². The van der Waals surface area contributed by atoms with Crippen LogP contribution in [0.5, 0.6) is 11.5 Å². The van der Waals surface area contributed by atoms with Crippen LogP contribution < -0.4 is 4.72 Å². The molecule has 0 radical (unpaired) electrons. The van der Waals surface area contributed by atoms with Crippen molar-refractivity contribution in [3.63, 3.8) is 0 Å². The van der Waals surface area contributed by atoms with E-state index < -0.39 is 15.8 Å². The molecule has 8 heteroatoms. The molecule has 0 aromatic heterocycles. The minimum absolute atomic E-state index is 0.0663. The maximum Gasteiger partial charge on any atom is 0.261 e. The molecule has 0 atom stereocenters. The summed E-state index contributed by atoms with van der Waals surface area (Å²) in [5.74, 6) is -0.900. The van der Waals surface area contributed by atoms with Gasteiger partial charge >= 0.3 is 0 Å². The molecule has 0 amide bonds. The van der Waals surface area contributed by atoms with Crippen molar-refractivity contribution in [2.45, 2.75) is 4.90 Å². The average Bonchev–Trinajstić information content (AvgIpc) is 2.83. The third-order valence-corrected chi connectivity index (χ3v) is 7.29. The van der Waals surface area contributed by atoms with Gasteiger partial charge in [0.15, 0.2) is 0 Å². The second-order valence-corrected chi connectivity index (χ2v) is 9.82. The van der Waals surface area contributed by atoms with Crippen LogP contribution in [0.2, 0.25) is 5.02 Å². The van der Waals surface area contributed by atoms with Crippen LogP contribution in [0.15, 0.2) is 89.8 Å². The molecule has 0 fully saturated rings. The number of anilines is 1. The minimum Gasteiger partial charge on any atom is -0.507 e. The van der Waals surface area contributed by atoms with Crippen molar-refractivity contribution in [1.29, 1.82) is 0 Å². The molecule has 0 aliphatic heterocycles. The lowest BCUT2D eigenvalue weighted by atomic mass is 9.93. The van der Waals surface area contributed by atoms with E-state index in [2.05, 4.69) is 4.72 Å². The smallest absolute Gasteiger partial charge is 0.261 e. The van der Waals surface area contributed by atoms with Crippen molar-refractivity contribution < 1.29 is 23.0 Å². The average molecular weight is 494 g/mol. The van der Waals surface area contributed by atoms with E-state index in [9.17, 15) is 23.0 Å².